The SMILES string of the molecule is O=C1C=C[C@@]2(C[C@H](c3ccccc3)O[C@H](c3cccc([N+](=O)[O-])c3)O2)O1. The second-order valence-corrected chi connectivity index (χ2v) is 6.11. The molecule has 0 bridgehead atoms. The lowest BCUT2D eigenvalue weighted by Gasteiger charge is -2.40. The van der Waals surface area contributed by atoms with Crippen molar-refractivity contribution in [3.8, 4) is 0 Å². The first-order valence-corrected chi connectivity index (χ1v) is 8.09. The molecule has 0 unspecified atom stereocenters. The van der Waals surface area contributed by atoms with Crippen molar-refractivity contribution >= 4 is 11.7 Å². The van der Waals surface area contributed by atoms with Crippen molar-refractivity contribution in [3.63, 3.8) is 0 Å². The van der Waals surface area contributed by atoms with Gasteiger partial charge in [-0.3, -0.25) is 10.1 Å². The molecule has 0 aromatic heterocycles. The first kappa shape index (κ1) is 16.4. The van der Waals surface area contributed by atoms with E-state index in [0.29, 0.717) is 12.0 Å². The molecule has 7 nitrogen and oxygen atoms in total. The number of hydrogen-bond acceptors (Lipinski definition) is 6. The summed E-state index contributed by atoms with van der Waals surface area (Å²) in [7, 11) is 0. The summed E-state index contributed by atoms with van der Waals surface area (Å²) in [6.07, 6.45) is 1.87. The van der Waals surface area contributed by atoms with E-state index in [4.69, 9.17) is 14.2 Å². The second-order valence-electron chi connectivity index (χ2n) is 6.11. The molecule has 1 spiro atoms. The molecule has 4 rings (SSSR count). The van der Waals surface area contributed by atoms with Crippen LogP contribution in [0.4, 0.5) is 5.69 Å². The second kappa shape index (κ2) is 6.36. The van der Waals surface area contributed by atoms with Gasteiger partial charge in [0.05, 0.1) is 11.0 Å². The van der Waals surface area contributed by atoms with E-state index in [9.17, 15) is 14.9 Å². The fraction of sp³-hybridized carbons (Fsp3) is 0.211. The van der Waals surface area contributed by atoms with E-state index in [2.05, 4.69) is 0 Å². The van der Waals surface area contributed by atoms with Crippen molar-refractivity contribution in [2.75, 3.05) is 0 Å². The van der Waals surface area contributed by atoms with Crippen LogP contribution in [0.25, 0.3) is 0 Å². The van der Waals surface area contributed by atoms with Crippen LogP contribution < -0.4 is 0 Å². The maximum atomic E-state index is 11.6. The third kappa shape index (κ3) is 3.10. The van der Waals surface area contributed by atoms with Crippen LogP contribution in [0, 0.1) is 10.1 Å². The maximum absolute atomic E-state index is 11.6. The van der Waals surface area contributed by atoms with Gasteiger partial charge in [0.15, 0.2) is 6.29 Å². The van der Waals surface area contributed by atoms with Gasteiger partial charge in [-0.15, -0.1) is 0 Å². The summed E-state index contributed by atoms with van der Waals surface area (Å²) in [6.45, 7) is 0. The van der Waals surface area contributed by atoms with E-state index in [-0.39, 0.29) is 5.69 Å². The minimum absolute atomic E-state index is 0.0652. The highest BCUT2D eigenvalue weighted by molar-refractivity contribution is 5.85. The number of nitro benzene ring substituents is 1. The molecule has 2 aliphatic heterocycles. The molecule has 0 amide bonds. The zero-order valence-electron chi connectivity index (χ0n) is 13.6. The molecule has 132 valence electrons. The molecule has 2 aliphatic rings. The van der Waals surface area contributed by atoms with Crippen molar-refractivity contribution in [3.05, 3.63) is 88.0 Å². The third-order valence-corrected chi connectivity index (χ3v) is 4.34. The normalized spacial score (nSPS) is 27.5. The number of carbonyl (C=O) groups is 1. The number of ether oxygens (including phenoxy) is 3. The molecular weight excluding hydrogens is 338 g/mol. The van der Waals surface area contributed by atoms with Gasteiger partial charge in [0.25, 0.3) is 5.69 Å². The average molecular weight is 353 g/mol. The van der Waals surface area contributed by atoms with Crippen LogP contribution in [0.15, 0.2) is 66.7 Å². The smallest absolute Gasteiger partial charge is 0.333 e. The van der Waals surface area contributed by atoms with Gasteiger partial charge >= 0.3 is 5.97 Å². The summed E-state index contributed by atoms with van der Waals surface area (Å²) in [4.78, 5) is 22.2. The minimum Gasteiger partial charge on any atom is -0.426 e. The highest BCUT2D eigenvalue weighted by atomic mass is 16.8. The van der Waals surface area contributed by atoms with E-state index in [1.165, 1.54) is 18.2 Å². The molecule has 3 atom stereocenters. The van der Waals surface area contributed by atoms with Crippen LogP contribution in [0.2, 0.25) is 0 Å². The Bertz CT molecular complexity index is 881. The lowest BCUT2D eigenvalue weighted by Crippen LogP contribution is -2.41. The molecule has 0 saturated carbocycles. The van der Waals surface area contributed by atoms with Crippen molar-refractivity contribution in [2.45, 2.75) is 24.6 Å². The van der Waals surface area contributed by atoms with Crippen LogP contribution in [-0.4, -0.2) is 16.7 Å². The number of non-ortho nitro benzene ring substituents is 1. The Hall–Kier alpha value is -3.03. The molecule has 2 heterocycles. The summed E-state index contributed by atoms with van der Waals surface area (Å²) >= 11 is 0. The van der Waals surface area contributed by atoms with Crippen molar-refractivity contribution in [1.82, 2.24) is 0 Å². The van der Waals surface area contributed by atoms with Crippen LogP contribution in [-0.2, 0) is 19.0 Å². The van der Waals surface area contributed by atoms with Gasteiger partial charge in [-0.1, -0.05) is 42.5 Å². The van der Waals surface area contributed by atoms with Crippen LogP contribution in [0.1, 0.15) is 29.9 Å². The number of carbonyl (C=O) groups excluding carboxylic acids is 1. The molecule has 7 heteroatoms. The van der Waals surface area contributed by atoms with E-state index in [1.54, 1.807) is 18.2 Å². The topological polar surface area (TPSA) is 87.9 Å². The predicted octanol–water partition coefficient (Wildman–Crippen LogP) is 3.58. The van der Waals surface area contributed by atoms with Gasteiger partial charge in [-0.25, -0.2) is 4.79 Å². The Balaban J connectivity index is 1.70. The van der Waals surface area contributed by atoms with Crippen LogP contribution in [0.3, 0.4) is 0 Å². The Morgan fingerprint density at radius 3 is 2.54 bits per heavy atom. The summed E-state index contributed by atoms with van der Waals surface area (Å²) in [5, 5.41) is 11.1. The number of rotatable bonds is 3. The maximum Gasteiger partial charge on any atom is 0.333 e. The summed E-state index contributed by atoms with van der Waals surface area (Å²) in [6, 6.07) is 15.5. The monoisotopic (exact) mass is 353 g/mol. The largest absolute Gasteiger partial charge is 0.426 e. The summed E-state index contributed by atoms with van der Waals surface area (Å²) in [5.41, 5.74) is 1.32. The number of nitro groups is 1. The zero-order chi connectivity index (χ0) is 18.1. The lowest BCUT2D eigenvalue weighted by molar-refractivity contribution is -0.385. The summed E-state index contributed by atoms with van der Waals surface area (Å²) < 4.78 is 17.3. The van der Waals surface area contributed by atoms with E-state index < -0.39 is 29.1 Å². The highest BCUT2D eigenvalue weighted by Gasteiger charge is 2.47. The van der Waals surface area contributed by atoms with Gasteiger partial charge in [-0.2, -0.15) is 0 Å². The molecule has 2 aromatic rings. The first-order chi connectivity index (χ1) is 12.5. The number of benzene rings is 2. The Labute approximate surface area is 148 Å². The molecule has 1 saturated heterocycles. The zero-order valence-corrected chi connectivity index (χ0v) is 13.6. The van der Waals surface area contributed by atoms with E-state index in [0.717, 1.165) is 5.56 Å². The molecule has 0 aliphatic carbocycles. The third-order valence-electron chi connectivity index (χ3n) is 4.34. The highest BCUT2D eigenvalue weighted by Crippen LogP contribution is 2.45. The van der Waals surface area contributed by atoms with Gasteiger partial charge in [0.1, 0.15) is 0 Å². The lowest BCUT2D eigenvalue weighted by atomic mass is 9.99. The van der Waals surface area contributed by atoms with Crippen molar-refractivity contribution in [1.29, 1.82) is 0 Å². The van der Waals surface area contributed by atoms with Gasteiger partial charge in [-0.05, 0) is 11.6 Å². The fourth-order valence-electron chi connectivity index (χ4n) is 3.11. The van der Waals surface area contributed by atoms with Gasteiger partial charge in [0.2, 0.25) is 5.79 Å². The number of esters is 1. The predicted molar refractivity (Wildman–Crippen MR) is 89.8 cm³/mol. The quantitative estimate of drug-likeness (QED) is 0.476. The Kier molecular flexibility index (Phi) is 4.02. The van der Waals surface area contributed by atoms with Gasteiger partial charge in [0, 0.05) is 30.2 Å². The van der Waals surface area contributed by atoms with Crippen LogP contribution in [0.5, 0.6) is 0 Å². The number of hydrogen-bond donors (Lipinski definition) is 0. The minimum atomic E-state index is -1.24. The summed E-state index contributed by atoms with van der Waals surface area (Å²) in [5.74, 6) is -1.73. The Morgan fingerprint density at radius 2 is 1.85 bits per heavy atom. The van der Waals surface area contributed by atoms with Crippen LogP contribution >= 0.6 is 0 Å². The average Bonchev–Trinajstić information content (AvgIpc) is 3.01. The molecule has 0 radical (unpaired) electrons. The first-order valence-electron chi connectivity index (χ1n) is 8.09. The fourth-order valence-corrected chi connectivity index (χ4v) is 3.11. The van der Waals surface area contributed by atoms with E-state index >= 15 is 0 Å². The van der Waals surface area contributed by atoms with Gasteiger partial charge < -0.3 is 14.2 Å². The van der Waals surface area contributed by atoms with Crippen molar-refractivity contribution < 1.29 is 23.9 Å². The number of nitrogens with zero attached hydrogens (tertiary/aromatic N) is 1. The van der Waals surface area contributed by atoms with Crippen molar-refractivity contribution in [2.24, 2.45) is 0 Å². The van der Waals surface area contributed by atoms with E-state index in [1.807, 2.05) is 30.3 Å². The standard InChI is InChI=1S/C19H15NO6/c21-17-9-10-19(25-17)12-16(13-5-2-1-3-6-13)24-18(26-19)14-7-4-8-15(11-14)20(22)23/h1-11,16,18H,12H2/t16-,18+,19-/m1/s1. The Morgan fingerprint density at radius 1 is 1.08 bits per heavy atom. The molecular formula is C19H15NO6. The molecule has 0 N–H and O–H groups in total. The molecule has 1 fully saturated rings. The molecule has 26 heavy (non-hydrogen) atoms. The molecule has 2 aromatic carbocycles.